The van der Waals surface area contributed by atoms with E-state index >= 15 is 0 Å². The maximum absolute atomic E-state index is 9.47. The molecule has 0 aliphatic carbocycles. The quantitative estimate of drug-likeness (QED) is 0.618. The van der Waals surface area contributed by atoms with E-state index in [2.05, 4.69) is 27.5 Å². The van der Waals surface area contributed by atoms with Crippen molar-refractivity contribution in [3.05, 3.63) is 35.5 Å². The van der Waals surface area contributed by atoms with Gasteiger partial charge < -0.3 is 15.7 Å². The molecule has 3 aromatic rings. The molecule has 1 aliphatic rings. The van der Waals surface area contributed by atoms with E-state index in [0.717, 1.165) is 46.7 Å². The van der Waals surface area contributed by atoms with Crippen LogP contribution in [0, 0.1) is 11.8 Å². The summed E-state index contributed by atoms with van der Waals surface area (Å²) in [5.74, 6) is 7.32. The molecular weight excluding hydrogens is 346 g/mol. The Morgan fingerprint density at radius 1 is 1.35 bits per heavy atom. The van der Waals surface area contributed by atoms with Crippen LogP contribution in [0.15, 0.2) is 29.9 Å². The van der Waals surface area contributed by atoms with Crippen molar-refractivity contribution in [2.24, 2.45) is 0 Å². The number of pyridine rings is 1. The van der Waals surface area contributed by atoms with E-state index in [4.69, 9.17) is 9.97 Å². The molecule has 1 fully saturated rings. The fourth-order valence-electron chi connectivity index (χ4n) is 2.89. The molecule has 0 radical (unpaired) electrons. The molecule has 0 unspecified atom stereocenters. The molecule has 1 saturated heterocycles. The number of hydrogen-bond donors (Lipinski definition) is 3. The minimum atomic E-state index is -0.673. The lowest BCUT2D eigenvalue weighted by atomic mass is 10.2. The predicted molar refractivity (Wildman–Crippen MR) is 104 cm³/mol. The molecule has 6 nitrogen and oxygen atoms in total. The van der Waals surface area contributed by atoms with Gasteiger partial charge in [0.05, 0.1) is 10.3 Å². The van der Waals surface area contributed by atoms with Crippen molar-refractivity contribution in [1.82, 2.24) is 20.3 Å². The molecule has 3 N–H and O–H groups in total. The lowest BCUT2D eigenvalue weighted by Crippen LogP contribution is -2.22. The second-order valence-electron chi connectivity index (χ2n) is 6.24. The number of aliphatic hydroxyl groups excluding tert-OH is 1. The number of thiophene rings is 1. The highest BCUT2D eigenvalue weighted by atomic mass is 32.1. The van der Waals surface area contributed by atoms with Gasteiger partial charge in [-0.25, -0.2) is 9.97 Å². The molecule has 1 aliphatic heterocycles. The maximum atomic E-state index is 9.47. The fourth-order valence-corrected chi connectivity index (χ4v) is 3.78. The molecule has 3 aromatic heterocycles. The molecule has 26 heavy (non-hydrogen) atoms. The van der Waals surface area contributed by atoms with Crippen molar-refractivity contribution >= 4 is 27.4 Å². The van der Waals surface area contributed by atoms with Gasteiger partial charge in [-0.05, 0) is 32.0 Å². The van der Waals surface area contributed by atoms with Gasteiger partial charge in [-0.2, -0.15) is 0 Å². The van der Waals surface area contributed by atoms with E-state index in [0.29, 0.717) is 11.9 Å². The zero-order valence-electron chi connectivity index (χ0n) is 14.4. The monoisotopic (exact) mass is 365 g/mol. The van der Waals surface area contributed by atoms with Gasteiger partial charge in [0.1, 0.15) is 17.4 Å². The van der Waals surface area contributed by atoms with Crippen LogP contribution < -0.4 is 10.6 Å². The van der Waals surface area contributed by atoms with E-state index in [1.165, 1.54) is 0 Å². The molecule has 0 aromatic carbocycles. The molecule has 2 atom stereocenters. The molecule has 132 valence electrons. The Morgan fingerprint density at radius 3 is 2.92 bits per heavy atom. The molecule has 7 heteroatoms. The first kappa shape index (κ1) is 16.9. The van der Waals surface area contributed by atoms with E-state index in [1.807, 2.05) is 17.5 Å². The summed E-state index contributed by atoms with van der Waals surface area (Å²) in [5, 5.41) is 18.4. The predicted octanol–water partition coefficient (Wildman–Crippen LogP) is 2.26. The van der Waals surface area contributed by atoms with Crippen molar-refractivity contribution in [2.75, 3.05) is 18.4 Å². The van der Waals surface area contributed by atoms with Crippen LogP contribution in [0.25, 0.3) is 21.6 Å². The zero-order valence-corrected chi connectivity index (χ0v) is 15.2. The van der Waals surface area contributed by atoms with Gasteiger partial charge in [-0.1, -0.05) is 11.8 Å². The number of nitrogens with zero attached hydrogens (tertiary/aromatic N) is 3. The SMILES string of the molecule is C[C@H](O)C#Cc1csc2c(N[C@@H]3CCNC3)nc(-c3ccncc3)nc12. The minimum Gasteiger partial charge on any atom is -0.381 e. The summed E-state index contributed by atoms with van der Waals surface area (Å²) in [5.41, 5.74) is 2.55. The number of aliphatic hydroxyl groups is 1. The maximum Gasteiger partial charge on any atom is 0.162 e. The lowest BCUT2D eigenvalue weighted by molar-refractivity contribution is 0.253. The first-order valence-electron chi connectivity index (χ1n) is 8.57. The van der Waals surface area contributed by atoms with E-state index in [1.54, 1.807) is 30.7 Å². The van der Waals surface area contributed by atoms with Crippen LogP contribution in [0.5, 0.6) is 0 Å². The Labute approximate surface area is 155 Å². The van der Waals surface area contributed by atoms with Crippen LogP contribution in [-0.2, 0) is 0 Å². The van der Waals surface area contributed by atoms with Gasteiger partial charge in [0.2, 0.25) is 0 Å². The van der Waals surface area contributed by atoms with Crippen LogP contribution >= 0.6 is 11.3 Å². The van der Waals surface area contributed by atoms with E-state index in [9.17, 15) is 5.11 Å². The van der Waals surface area contributed by atoms with Gasteiger partial charge in [-0.15, -0.1) is 11.3 Å². The molecule has 0 saturated carbocycles. The number of nitrogens with one attached hydrogen (secondary N) is 2. The van der Waals surface area contributed by atoms with E-state index < -0.39 is 6.10 Å². The third-order valence-electron chi connectivity index (χ3n) is 4.17. The third-order valence-corrected chi connectivity index (χ3v) is 5.15. The highest BCUT2D eigenvalue weighted by molar-refractivity contribution is 7.18. The van der Waals surface area contributed by atoms with Crippen molar-refractivity contribution in [2.45, 2.75) is 25.5 Å². The normalized spacial score (nSPS) is 17.7. The van der Waals surface area contributed by atoms with Crippen LogP contribution in [0.1, 0.15) is 18.9 Å². The van der Waals surface area contributed by atoms with Gasteiger partial charge in [0.15, 0.2) is 5.82 Å². The van der Waals surface area contributed by atoms with Crippen LogP contribution in [0.2, 0.25) is 0 Å². The lowest BCUT2D eigenvalue weighted by Gasteiger charge is -2.13. The summed E-state index contributed by atoms with van der Waals surface area (Å²) in [4.78, 5) is 13.6. The Bertz CT molecular complexity index is 968. The zero-order chi connectivity index (χ0) is 17.9. The fraction of sp³-hybridized carbons (Fsp3) is 0.316. The van der Waals surface area contributed by atoms with Gasteiger partial charge in [-0.3, -0.25) is 4.98 Å². The average Bonchev–Trinajstić information content (AvgIpc) is 3.30. The first-order valence-corrected chi connectivity index (χ1v) is 9.45. The van der Waals surface area contributed by atoms with Crippen LogP contribution in [0.3, 0.4) is 0 Å². The molecule has 4 heterocycles. The number of aromatic nitrogens is 3. The Kier molecular flexibility index (Phi) is 4.80. The van der Waals surface area contributed by atoms with Crippen LogP contribution in [0.4, 0.5) is 5.82 Å². The van der Waals surface area contributed by atoms with Gasteiger partial charge >= 0.3 is 0 Å². The third kappa shape index (κ3) is 3.53. The first-order chi connectivity index (χ1) is 12.7. The number of rotatable bonds is 3. The van der Waals surface area contributed by atoms with Crippen LogP contribution in [-0.4, -0.2) is 45.3 Å². The van der Waals surface area contributed by atoms with Gasteiger partial charge in [0, 0.05) is 35.9 Å². The Hall–Kier alpha value is -2.53. The van der Waals surface area contributed by atoms with Crippen molar-refractivity contribution in [1.29, 1.82) is 0 Å². The number of fused-ring (bicyclic) bond motifs is 1. The highest BCUT2D eigenvalue weighted by Gasteiger charge is 2.19. The highest BCUT2D eigenvalue weighted by Crippen LogP contribution is 2.32. The molecule has 4 rings (SSSR count). The van der Waals surface area contributed by atoms with E-state index in [-0.39, 0.29) is 0 Å². The summed E-state index contributed by atoms with van der Waals surface area (Å²) < 4.78 is 0.990. The molecule has 0 bridgehead atoms. The standard InChI is InChI=1S/C19H19N5OS/c1-12(25)2-3-14-11-26-17-16(14)23-18(13-4-7-20-8-5-13)24-19(17)22-15-6-9-21-10-15/h4-5,7-8,11-12,15,21,25H,6,9-10H2,1H3,(H,22,23,24)/t12-,15+/m0/s1. The second kappa shape index (κ2) is 7.38. The summed E-state index contributed by atoms with van der Waals surface area (Å²) >= 11 is 1.58. The smallest absolute Gasteiger partial charge is 0.162 e. The van der Waals surface area contributed by atoms with Gasteiger partial charge in [0.25, 0.3) is 0 Å². The molecular formula is C19H19N5OS. The number of hydrogen-bond acceptors (Lipinski definition) is 7. The largest absolute Gasteiger partial charge is 0.381 e. The summed E-state index contributed by atoms with van der Waals surface area (Å²) in [6.07, 6.45) is 3.86. The average molecular weight is 365 g/mol. The second-order valence-corrected chi connectivity index (χ2v) is 7.12. The van der Waals surface area contributed by atoms with Crippen molar-refractivity contribution in [3.8, 4) is 23.2 Å². The Balaban J connectivity index is 1.84. The minimum absolute atomic E-state index is 0.354. The van der Waals surface area contributed by atoms with Crippen molar-refractivity contribution < 1.29 is 5.11 Å². The topological polar surface area (TPSA) is 83.0 Å². The number of anilines is 1. The Morgan fingerprint density at radius 2 is 2.19 bits per heavy atom. The summed E-state index contributed by atoms with van der Waals surface area (Å²) in [7, 11) is 0. The summed E-state index contributed by atoms with van der Waals surface area (Å²) in [6.45, 7) is 3.59. The summed E-state index contributed by atoms with van der Waals surface area (Å²) in [6, 6.07) is 4.15. The molecule has 0 amide bonds. The van der Waals surface area contributed by atoms with Crippen molar-refractivity contribution in [3.63, 3.8) is 0 Å². The molecule has 0 spiro atoms.